The lowest BCUT2D eigenvalue weighted by Crippen LogP contribution is -2.48. The Bertz CT molecular complexity index is 1080. The summed E-state index contributed by atoms with van der Waals surface area (Å²) in [7, 11) is 1.85. The van der Waals surface area contributed by atoms with Crippen molar-refractivity contribution in [3.63, 3.8) is 0 Å². The van der Waals surface area contributed by atoms with Crippen molar-refractivity contribution < 1.29 is 4.74 Å². The first kappa shape index (κ1) is 20.3. The van der Waals surface area contributed by atoms with Crippen molar-refractivity contribution in [3.05, 3.63) is 84.4 Å². The van der Waals surface area contributed by atoms with E-state index in [1.807, 2.05) is 7.11 Å². The fraction of sp³-hybridized carbons (Fsp3) is 0.333. The minimum atomic E-state index is 0.167. The molecule has 31 heavy (non-hydrogen) atoms. The average molecular weight is 414 g/mol. The van der Waals surface area contributed by atoms with Crippen LogP contribution in [0.15, 0.2) is 78.9 Å². The van der Waals surface area contributed by atoms with Gasteiger partial charge in [-0.1, -0.05) is 66.7 Å². The van der Waals surface area contributed by atoms with Crippen LogP contribution >= 0.6 is 0 Å². The van der Waals surface area contributed by atoms with Crippen LogP contribution < -0.4 is 0 Å². The van der Waals surface area contributed by atoms with Gasteiger partial charge in [-0.05, 0) is 17.7 Å². The Kier molecular flexibility index (Phi) is 6.03. The number of para-hydroxylation sites is 2. The molecule has 1 saturated heterocycles. The van der Waals surface area contributed by atoms with Gasteiger partial charge in [0.15, 0.2) is 0 Å². The summed E-state index contributed by atoms with van der Waals surface area (Å²) in [5.41, 5.74) is 3.98. The first-order valence-electron chi connectivity index (χ1n) is 11.3. The van der Waals surface area contributed by atoms with Gasteiger partial charge in [-0.25, -0.2) is 0 Å². The van der Waals surface area contributed by atoms with Gasteiger partial charge in [0.1, 0.15) is 0 Å². The molecule has 1 unspecified atom stereocenters. The highest BCUT2D eigenvalue weighted by molar-refractivity contribution is 6.07. The number of nitrogens with zero attached hydrogens (tertiary/aromatic N) is 3. The normalized spacial score (nSPS) is 16.8. The van der Waals surface area contributed by atoms with E-state index in [4.69, 9.17) is 4.74 Å². The number of benzene rings is 3. The molecular weight excluding hydrogens is 382 g/mol. The van der Waals surface area contributed by atoms with Crippen LogP contribution in [-0.4, -0.2) is 60.3 Å². The molecule has 1 atom stereocenters. The summed E-state index contributed by atoms with van der Waals surface area (Å²) in [5.74, 6) is 0. The second-order valence-corrected chi connectivity index (χ2v) is 8.56. The summed E-state index contributed by atoms with van der Waals surface area (Å²) in [6.07, 6.45) is 0.167. The Balaban J connectivity index is 1.25. The van der Waals surface area contributed by atoms with Crippen molar-refractivity contribution in [2.45, 2.75) is 19.2 Å². The Morgan fingerprint density at radius 2 is 1.23 bits per heavy atom. The van der Waals surface area contributed by atoms with E-state index in [9.17, 15) is 0 Å². The lowest BCUT2D eigenvalue weighted by molar-refractivity contribution is 0.0334. The largest absolute Gasteiger partial charge is 0.378 e. The van der Waals surface area contributed by atoms with Gasteiger partial charge in [-0.2, -0.15) is 0 Å². The van der Waals surface area contributed by atoms with Gasteiger partial charge >= 0.3 is 0 Å². The molecule has 0 saturated carbocycles. The summed E-state index contributed by atoms with van der Waals surface area (Å²) >= 11 is 0. The smallest absolute Gasteiger partial charge is 0.0876 e. The molecular formula is C27H31N3O. The number of aromatic nitrogens is 1. The van der Waals surface area contributed by atoms with Crippen LogP contribution in [-0.2, 0) is 17.8 Å². The summed E-state index contributed by atoms with van der Waals surface area (Å²) in [6, 6.07) is 28.2. The van der Waals surface area contributed by atoms with Crippen molar-refractivity contribution >= 4 is 21.8 Å². The molecule has 1 aromatic heterocycles. The monoisotopic (exact) mass is 413 g/mol. The van der Waals surface area contributed by atoms with E-state index in [0.29, 0.717) is 0 Å². The van der Waals surface area contributed by atoms with Gasteiger partial charge in [-0.15, -0.1) is 0 Å². The fourth-order valence-corrected chi connectivity index (χ4v) is 4.87. The van der Waals surface area contributed by atoms with Crippen LogP contribution in [0.1, 0.15) is 5.56 Å². The Morgan fingerprint density at radius 3 is 1.84 bits per heavy atom. The zero-order valence-electron chi connectivity index (χ0n) is 18.3. The highest BCUT2D eigenvalue weighted by atomic mass is 16.5. The molecule has 1 aliphatic rings. The molecule has 160 valence electrons. The highest BCUT2D eigenvalue weighted by Crippen LogP contribution is 2.29. The van der Waals surface area contributed by atoms with E-state index in [2.05, 4.69) is 93.2 Å². The maximum Gasteiger partial charge on any atom is 0.0876 e. The van der Waals surface area contributed by atoms with E-state index < -0.39 is 0 Å². The molecule has 4 aromatic rings. The maximum atomic E-state index is 5.97. The molecule has 0 spiro atoms. The molecule has 0 N–H and O–H groups in total. The van der Waals surface area contributed by atoms with E-state index in [-0.39, 0.29) is 6.10 Å². The first-order valence-corrected chi connectivity index (χ1v) is 11.3. The summed E-state index contributed by atoms with van der Waals surface area (Å²) in [5, 5.41) is 2.64. The van der Waals surface area contributed by atoms with Gasteiger partial charge in [0, 0.05) is 68.2 Å². The highest BCUT2D eigenvalue weighted by Gasteiger charge is 2.21. The topological polar surface area (TPSA) is 20.6 Å². The molecule has 1 aliphatic heterocycles. The van der Waals surface area contributed by atoms with Gasteiger partial charge in [0.25, 0.3) is 0 Å². The van der Waals surface area contributed by atoms with Crippen LogP contribution in [0.4, 0.5) is 0 Å². The molecule has 4 heteroatoms. The predicted octanol–water partition coefficient (Wildman–Crippen LogP) is 4.63. The van der Waals surface area contributed by atoms with Crippen LogP contribution in [0.5, 0.6) is 0 Å². The summed E-state index contributed by atoms with van der Waals surface area (Å²) in [4.78, 5) is 5.12. The minimum Gasteiger partial charge on any atom is -0.378 e. The Labute approximate surface area is 184 Å². The van der Waals surface area contributed by atoms with Gasteiger partial charge in [-0.3, -0.25) is 9.80 Å². The van der Waals surface area contributed by atoms with Crippen LogP contribution in [0.25, 0.3) is 21.8 Å². The third-order valence-corrected chi connectivity index (χ3v) is 6.58. The van der Waals surface area contributed by atoms with E-state index in [1.54, 1.807) is 0 Å². The van der Waals surface area contributed by atoms with Crippen molar-refractivity contribution in [2.75, 3.05) is 39.8 Å². The number of fused-ring (bicyclic) bond motifs is 3. The summed E-state index contributed by atoms with van der Waals surface area (Å²) < 4.78 is 8.41. The molecule has 0 aliphatic carbocycles. The quantitative estimate of drug-likeness (QED) is 0.441. The number of ether oxygens (including phenoxy) is 1. The molecule has 0 amide bonds. The minimum absolute atomic E-state index is 0.167. The van der Waals surface area contributed by atoms with Gasteiger partial charge in [0.05, 0.1) is 12.6 Å². The van der Waals surface area contributed by atoms with Crippen molar-refractivity contribution in [1.29, 1.82) is 0 Å². The van der Waals surface area contributed by atoms with Gasteiger partial charge < -0.3 is 9.30 Å². The SMILES string of the molecule is COC(CN1CCN(Cc2ccccc2)CC1)Cn1c2ccccc2c2ccccc21. The maximum absolute atomic E-state index is 5.97. The average Bonchev–Trinajstić information content (AvgIpc) is 3.14. The van der Waals surface area contributed by atoms with Crippen molar-refractivity contribution in [1.82, 2.24) is 14.4 Å². The molecule has 0 radical (unpaired) electrons. The number of rotatable bonds is 7. The lowest BCUT2D eigenvalue weighted by atomic mass is 10.2. The molecule has 3 aromatic carbocycles. The zero-order chi connectivity index (χ0) is 21.0. The van der Waals surface area contributed by atoms with Crippen molar-refractivity contribution in [3.8, 4) is 0 Å². The number of hydrogen-bond acceptors (Lipinski definition) is 3. The Morgan fingerprint density at radius 1 is 0.677 bits per heavy atom. The second kappa shape index (κ2) is 9.23. The number of piperazine rings is 1. The van der Waals surface area contributed by atoms with Crippen LogP contribution in [0.2, 0.25) is 0 Å². The second-order valence-electron chi connectivity index (χ2n) is 8.56. The molecule has 0 bridgehead atoms. The first-order chi connectivity index (χ1) is 15.3. The van der Waals surface area contributed by atoms with Crippen LogP contribution in [0.3, 0.4) is 0 Å². The lowest BCUT2D eigenvalue weighted by Gasteiger charge is -2.36. The fourth-order valence-electron chi connectivity index (χ4n) is 4.87. The summed E-state index contributed by atoms with van der Waals surface area (Å²) in [6.45, 7) is 7.30. The molecule has 2 heterocycles. The third-order valence-electron chi connectivity index (χ3n) is 6.58. The number of methoxy groups -OCH3 is 1. The molecule has 4 nitrogen and oxygen atoms in total. The predicted molar refractivity (Wildman–Crippen MR) is 128 cm³/mol. The van der Waals surface area contributed by atoms with Crippen molar-refractivity contribution in [2.24, 2.45) is 0 Å². The molecule has 1 fully saturated rings. The van der Waals surface area contributed by atoms with E-state index >= 15 is 0 Å². The third kappa shape index (κ3) is 4.38. The van der Waals surface area contributed by atoms with Crippen LogP contribution in [0, 0.1) is 0 Å². The number of hydrogen-bond donors (Lipinski definition) is 0. The van der Waals surface area contributed by atoms with Gasteiger partial charge in [0.2, 0.25) is 0 Å². The zero-order valence-corrected chi connectivity index (χ0v) is 18.3. The van der Waals surface area contributed by atoms with E-state index in [0.717, 1.165) is 45.8 Å². The standard InChI is InChI=1S/C27H31N3O/c1-31-23(20-29-17-15-28(16-18-29)19-22-9-3-2-4-10-22)21-30-26-13-7-5-11-24(26)25-12-6-8-14-27(25)30/h2-14,23H,15-21H2,1H3. The Hall–Kier alpha value is -2.66. The van der Waals surface area contributed by atoms with E-state index in [1.165, 1.54) is 27.4 Å². The molecule has 5 rings (SSSR count).